The number of carbonyl (C=O) groups excluding carboxylic acids is 1. The summed E-state index contributed by atoms with van der Waals surface area (Å²) in [5, 5.41) is 5.99. The van der Waals surface area contributed by atoms with Crippen LogP contribution in [0.2, 0.25) is 0 Å². The van der Waals surface area contributed by atoms with Crippen LogP contribution in [-0.4, -0.2) is 36.1 Å². The number of methoxy groups -OCH3 is 1. The Kier molecular flexibility index (Phi) is 6.63. The van der Waals surface area contributed by atoms with E-state index in [9.17, 15) is 4.79 Å². The van der Waals surface area contributed by atoms with Crippen molar-refractivity contribution in [2.75, 3.05) is 30.9 Å². The number of rotatable bonds is 8. The Morgan fingerprint density at radius 2 is 1.76 bits per heavy atom. The third-order valence-corrected chi connectivity index (χ3v) is 4.47. The average Bonchev–Trinajstić information content (AvgIpc) is 2.75. The van der Waals surface area contributed by atoms with Crippen LogP contribution in [0, 0.1) is 13.8 Å². The van der Waals surface area contributed by atoms with Crippen LogP contribution in [0.3, 0.4) is 0 Å². The van der Waals surface area contributed by atoms with Crippen LogP contribution >= 0.6 is 0 Å². The summed E-state index contributed by atoms with van der Waals surface area (Å²) in [4.78, 5) is 20.8. The van der Waals surface area contributed by atoms with Gasteiger partial charge in [0.2, 0.25) is 0 Å². The number of nitrogens with one attached hydrogen (secondary N) is 2. The van der Waals surface area contributed by atoms with Gasteiger partial charge in [0.25, 0.3) is 5.91 Å². The summed E-state index contributed by atoms with van der Waals surface area (Å²) in [7, 11) is 1.62. The number of aromatic nitrogens is 2. The van der Waals surface area contributed by atoms with E-state index in [1.54, 1.807) is 7.11 Å². The molecule has 2 aromatic carbocycles. The summed E-state index contributed by atoms with van der Waals surface area (Å²) in [5.74, 6) is 1.83. The molecule has 0 aliphatic heterocycles. The Morgan fingerprint density at radius 1 is 1.00 bits per heavy atom. The van der Waals surface area contributed by atoms with E-state index in [-0.39, 0.29) is 11.6 Å². The van der Waals surface area contributed by atoms with Gasteiger partial charge in [-0.1, -0.05) is 12.1 Å². The third-order valence-electron chi connectivity index (χ3n) is 4.47. The molecule has 1 aromatic heterocycles. The molecule has 1 heterocycles. The van der Waals surface area contributed by atoms with E-state index in [0.29, 0.717) is 19.0 Å². The molecule has 0 radical (unpaired) electrons. The Bertz CT molecular complexity index is 957. The highest BCUT2D eigenvalue weighted by Crippen LogP contribution is 2.19. The normalized spacial score (nSPS) is 10.3. The second-order valence-corrected chi connectivity index (χ2v) is 6.44. The number of ether oxygens (including phenoxy) is 2. The summed E-state index contributed by atoms with van der Waals surface area (Å²) >= 11 is 0. The van der Waals surface area contributed by atoms with Crippen molar-refractivity contribution in [1.29, 1.82) is 0 Å². The van der Waals surface area contributed by atoms with Gasteiger partial charge in [0.05, 0.1) is 26.0 Å². The Balaban J connectivity index is 1.48. The molecule has 0 bridgehead atoms. The van der Waals surface area contributed by atoms with E-state index in [4.69, 9.17) is 9.47 Å². The zero-order valence-corrected chi connectivity index (χ0v) is 16.7. The van der Waals surface area contributed by atoms with Gasteiger partial charge in [-0.3, -0.25) is 4.79 Å². The lowest BCUT2D eigenvalue weighted by Gasteiger charge is -2.10. The molecule has 0 unspecified atom stereocenters. The van der Waals surface area contributed by atoms with E-state index >= 15 is 0 Å². The van der Waals surface area contributed by atoms with E-state index < -0.39 is 0 Å². The number of hydrogen-bond donors (Lipinski definition) is 2. The lowest BCUT2D eigenvalue weighted by Crippen LogP contribution is -2.16. The standard InChI is InChI=1S/C22H24N4O3/c1-15-5-4-6-19(16(15)2)26-22(27)20-13-25-21(14-24-20)23-11-12-29-18-9-7-17(28-3)8-10-18/h4-10,13-14H,11-12H2,1-3H3,(H,23,25)(H,26,27). The van der Waals surface area contributed by atoms with Gasteiger partial charge in [-0.15, -0.1) is 0 Å². The van der Waals surface area contributed by atoms with Crippen LogP contribution in [0.5, 0.6) is 11.5 Å². The molecule has 1 amide bonds. The highest BCUT2D eigenvalue weighted by Gasteiger charge is 2.10. The summed E-state index contributed by atoms with van der Waals surface area (Å²) < 4.78 is 10.8. The molecule has 3 aromatic rings. The van der Waals surface area contributed by atoms with Gasteiger partial charge < -0.3 is 20.1 Å². The fourth-order valence-electron chi connectivity index (χ4n) is 2.63. The van der Waals surface area contributed by atoms with E-state index in [2.05, 4.69) is 20.6 Å². The Hall–Kier alpha value is -3.61. The van der Waals surface area contributed by atoms with Crippen LogP contribution in [0.25, 0.3) is 0 Å². The second kappa shape index (κ2) is 9.54. The van der Waals surface area contributed by atoms with Gasteiger partial charge in [0.15, 0.2) is 0 Å². The van der Waals surface area contributed by atoms with Crippen molar-refractivity contribution in [1.82, 2.24) is 9.97 Å². The van der Waals surface area contributed by atoms with Crippen molar-refractivity contribution in [3.63, 3.8) is 0 Å². The molecule has 0 aliphatic rings. The minimum Gasteiger partial charge on any atom is -0.497 e. The predicted octanol–water partition coefficient (Wildman–Crippen LogP) is 3.85. The van der Waals surface area contributed by atoms with Crippen LogP contribution in [-0.2, 0) is 0 Å². The fraction of sp³-hybridized carbons (Fsp3) is 0.227. The van der Waals surface area contributed by atoms with Crippen molar-refractivity contribution < 1.29 is 14.3 Å². The first-order valence-electron chi connectivity index (χ1n) is 9.27. The first-order valence-corrected chi connectivity index (χ1v) is 9.27. The molecule has 7 heteroatoms. The molecule has 0 saturated carbocycles. The quantitative estimate of drug-likeness (QED) is 0.567. The minimum absolute atomic E-state index is 0.255. The monoisotopic (exact) mass is 392 g/mol. The maximum Gasteiger partial charge on any atom is 0.275 e. The first kappa shape index (κ1) is 20.1. The zero-order chi connectivity index (χ0) is 20.6. The molecule has 7 nitrogen and oxygen atoms in total. The largest absolute Gasteiger partial charge is 0.497 e. The highest BCUT2D eigenvalue weighted by molar-refractivity contribution is 6.03. The van der Waals surface area contributed by atoms with Crippen molar-refractivity contribution in [3.05, 3.63) is 71.7 Å². The van der Waals surface area contributed by atoms with Gasteiger partial charge in [-0.05, 0) is 55.3 Å². The molecule has 0 saturated heterocycles. The molecule has 3 rings (SSSR count). The number of aryl methyl sites for hydroxylation is 1. The number of nitrogens with zero attached hydrogens (tertiary/aromatic N) is 2. The van der Waals surface area contributed by atoms with Crippen molar-refractivity contribution in [2.45, 2.75) is 13.8 Å². The lowest BCUT2D eigenvalue weighted by atomic mass is 10.1. The SMILES string of the molecule is COc1ccc(OCCNc2cnc(C(=O)Nc3cccc(C)c3C)cn2)cc1. The average molecular weight is 392 g/mol. The van der Waals surface area contributed by atoms with Crippen molar-refractivity contribution in [3.8, 4) is 11.5 Å². The van der Waals surface area contributed by atoms with Gasteiger partial charge in [0.1, 0.15) is 29.6 Å². The summed E-state index contributed by atoms with van der Waals surface area (Å²) in [5.41, 5.74) is 3.18. The summed E-state index contributed by atoms with van der Waals surface area (Å²) in [6, 6.07) is 13.2. The van der Waals surface area contributed by atoms with Crippen molar-refractivity contribution in [2.24, 2.45) is 0 Å². The Labute approximate surface area is 170 Å². The summed E-state index contributed by atoms with van der Waals surface area (Å²) in [6.45, 7) is 4.99. The zero-order valence-electron chi connectivity index (χ0n) is 16.7. The maximum absolute atomic E-state index is 12.4. The smallest absolute Gasteiger partial charge is 0.275 e. The van der Waals surface area contributed by atoms with Gasteiger partial charge >= 0.3 is 0 Å². The van der Waals surface area contributed by atoms with Crippen LogP contribution in [0.1, 0.15) is 21.6 Å². The van der Waals surface area contributed by atoms with Gasteiger partial charge in [-0.25, -0.2) is 9.97 Å². The predicted molar refractivity (Wildman–Crippen MR) is 113 cm³/mol. The summed E-state index contributed by atoms with van der Waals surface area (Å²) in [6.07, 6.45) is 2.98. The first-order chi connectivity index (χ1) is 14.1. The van der Waals surface area contributed by atoms with Crippen LogP contribution < -0.4 is 20.1 Å². The van der Waals surface area contributed by atoms with Crippen LogP contribution in [0.15, 0.2) is 54.9 Å². The molecular formula is C22H24N4O3. The number of benzene rings is 2. The second-order valence-electron chi connectivity index (χ2n) is 6.44. The maximum atomic E-state index is 12.4. The molecule has 0 atom stereocenters. The highest BCUT2D eigenvalue weighted by atomic mass is 16.5. The fourth-order valence-corrected chi connectivity index (χ4v) is 2.63. The van der Waals surface area contributed by atoms with Crippen molar-refractivity contribution >= 4 is 17.4 Å². The minimum atomic E-state index is -0.291. The van der Waals surface area contributed by atoms with Gasteiger partial charge in [0, 0.05) is 5.69 Å². The topological polar surface area (TPSA) is 85.4 Å². The number of amides is 1. The number of carbonyl (C=O) groups is 1. The molecule has 29 heavy (non-hydrogen) atoms. The molecule has 150 valence electrons. The molecular weight excluding hydrogens is 368 g/mol. The molecule has 0 aliphatic carbocycles. The van der Waals surface area contributed by atoms with Gasteiger partial charge in [-0.2, -0.15) is 0 Å². The number of hydrogen-bond acceptors (Lipinski definition) is 6. The molecule has 2 N–H and O–H groups in total. The van der Waals surface area contributed by atoms with E-state index in [1.165, 1.54) is 12.4 Å². The van der Waals surface area contributed by atoms with E-state index in [1.807, 2.05) is 56.3 Å². The Morgan fingerprint density at radius 3 is 2.45 bits per heavy atom. The van der Waals surface area contributed by atoms with E-state index in [0.717, 1.165) is 28.3 Å². The van der Waals surface area contributed by atoms with Crippen LogP contribution in [0.4, 0.5) is 11.5 Å². The molecule has 0 fully saturated rings. The molecule has 0 spiro atoms. The number of anilines is 2. The third kappa shape index (κ3) is 5.44. The lowest BCUT2D eigenvalue weighted by molar-refractivity contribution is 0.102.